The van der Waals surface area contributed by atoms with E-state index in [4.69, 9.17) is 4.42 Å². The van der Waals surface area contributed by atoms with Crippen LogP contribution in [0.3, 0.4) is 0 Å². The SMILES string of the molecule is CC(C)N1CCN(C(=O)c2ccco2)c2ccccc21. The van der Waals surface area contributed by atoms with Gasteiger partial charge in [-0.05, 0) is 38.1 Å². The summed E-state index contributed by atoms with van der Waals surface area (Å²) in [6.07, 6.45) is 1.53. The summed E-state index contributed by atoms with van der Waals surface area (Å²) in [7, 11) is 0. The number of benzene rings is 1. The molecule has 0 unspecified atom stereocenters. The second-order valence-corrected chi connectivity index (χ2v) is 5.21. The quantitative estimate of drug-likeness (QED) is 0.841. The highest BCUT2D eigenvalue weighted by Gasteiger charge is 2.29. The summed E-state index contributed by atoms with van der Waals surface area (Å²) < 4.78 is 5.23. The van der Waals surface area contributed by atoms with Crippen molar-refractivity contribution in [1.29, 1.82) is 0 Å². The minimum absolute atomic E-state index is 0.0779. The van der Waals surface area contributed by atoms with Gasteiger partial charge in [-0.1, -0.05) is 12.1 Å². The maximum absolute atomic E-state index is 12.5. The molecule has 0 N–H and O–H groups in total. The van der Waals surface area contributed by atoms with E-state index >= 15 is 0 Å². The van der Waals surface area contributed by atoms with E-state index in [1.807, 2.05) is 18.2 Å². The fourth-order valence-corrected chi connectivity index (χ4v) is 2.66. The van der Waals surface area contributed by atoms with E-state index in [2.05, 4.69) is 24.8 Å². The lowest BCUT2D eigenvalue weighted by Crippen LogP contribution is -2.46. The average Bonchev–Trinajstić information content (AvgIpc) is 2.99. The molecule has 0 saturated heterocycles. The topological polar surface area (TPSA) is 36.7 Å². The minimum atomic E-state index is -0.0779. The molecule has 1 amide bonds. The number of fused-ring (bicyclic) bond motifs is 1. The molecule has 1 aromatic heterocycles. The maximum Gasteiger partial charge on any atom is 0.294 e. The number of anilines is 2. The summed E-state index contributed by atoms with van der Waals surface area (Å²) in [5, 5.41) is 0. The van der Waals surface area contributed by atoms with E-state index in [-0.39, 0.29) is 5.91 Å². The number of para-hydroxylation sites is 2. The zero-order valence-corrected chi connectivity index (χ0v) is 11.7. The third kappa shape index (κ3) is 2.07. The lowest BCUT2D eigenvalue weighted by molar-refractivity contribution is 0.0959. The molecule has 4 heteroatoms. The second-order valence-electron chi connectivity index (χ2n) is 5.21. The van der Waals surface area contributed by atoms with E-state index in [0.717, 1.165) is 17.9 Å². The van der Waals surface area contributed by atoms with Crippen molar-refractivity contribution in [3.05, 3.63) is 48.4 Å². The van der Waals surface area contributed by atoms with E-state index in [1.54, 1.807) is 17.0 Å². The van der Waals surface area contributed by atoms with Crippen LogP contribution < -0.4 is 9.80 Å². The van der Waals surface area contributed by atoms with Crippen LogP contribution >= 0.6 is 0 Å². The third-order valence-corrected chi connectivity index (χ3v) is 3.65. The highest BCUT2D eigenvalue weighted by atomic mass is 16.3. The first-order chi connectivity index (χ1) is 9.68. The molecule has 1 aromatic carbocycles. The Kier molecular flexibility index (Phi) is 3.22. The molecule has 0 atom stereocenters. The Morgan fingerprint density at radius 1 is 1.10 bits per heavy atom. The van der Waals surface area contributed by atoms with Gasteiger partial charge in [-0.15, -0.1) is 0 Å². The van der Waals surface area contributed by atoms with E-state index < -0.39 is 0 Å². The van der Waals surface area contributed by atoms with Crippen molar-refractivity contribution in [2.45, 2.75) is 19.9 Å². The molecular weight excluding hydrogens is 252 g/mol. The van der Waals surface area contributed by atoms with Gasteiger partial charge >= 0.3 is 0 Å². The van der Waals surface area contributed by atoms with Crippen LogP contribution in [0.1, 0.15) is 24.4 Å². The minimum Gasteiger partial charge on any atom is -0.459 e. The first kappa shape index (κ1) is 12.8. The van der Waals surface area contributed by atoms with Gasteiger partial charge in [-0.3, -0.25) is 4.79 Å². The van der Waals surface area contributed by atoms with Crippen molar-refractivity contribution in [2.24, 2.45) is 0 Å². The summed E-state index contributed by atoms with van der Waals surface area (Å²) in [4.78, 5) is 16.6. The van der Waals surface area contributed by atoms with Gasteiger partial charge in [0, 0.05) is 19.1 Å². The fourth-order valence-electron chi connectivity index (χ4n) is 2.66. The summed E-state index contributed by atoms with van der Waals surface area (Å²) in [6, 6.07) is 11.9. The number of carbonyl (C=O) groups is 1. The van der Waals surface area contributed by atoms with Gasteiger partial charge in [0.15, 0.2) is 5.76 Å². The van der Waals surface area contributed by atoms with Gasteiger partial charge in [0.2, 0.25) is 0 Å². The summed E-state index contributed by atoms with van der Waals surface area (Å²) in [5.41, 5.74) is 2.06. The van der Waals surface area contributed by atoms with Crippen LogP contribution in [0.5, 0.6) is 0 Å². The molecule has 20 heavy (non-hydrogen) atoms. The van der Waals surface area contributed by atoms with Crippen molar-refractivity contribution in [2.75, 3.05) is 22.9 Å². The molecule has 3 rings (SSSR count). The van der Waals surface area contributed by atoms with E-state index in [0.29, 0.717) is 18.3 Å². The van der Waals surface area contributed by atoms with Gasteiger partial charge < -0.3 is 14.2 Å². The Morgan fingerprint density at radius 3 is 2.50 bits per heavy atom. The average molecular weight is 270 g/mol. The normalized spacial score (nSPS) is 14.6. The maximum atomic E-state index is 12.5. The molecule has 104 valence electrons. The zero-order chi connectivity index (χ0) is 14.1. The Balaban J connectivity index is 1.99. The predicted octanol–water partition coefficient (Wildman–Crippen LogP) is 3.15. The molecule has 1 aliphatic rings. The Bertz CT molecular complexity index is 605. The number of carbonyl (C=O) groups excluding carboxylic acids is 1. The van der Waals surface area contributed by atoms with Crippen LogP contribution in [0, 0.1) is 0 Å². The molecule has 4 nitrogen and oxygen atoms in total. The van der Waals surface area contributed by atoms with Crippen LogP contribution in [0.4, 0.5) is 11.4 Å². The van der Waals surface area contributed by atoms with Gasteiger partial charge in [0.1, 0.15) is 0 Å². The molecule has 0 aliphatic carbocycles. The molecule has 0 saturated carbocycles. The van der Waals surface area contributed by atoms with Gasteiger partial charge in [0.25, 0.3) is 5.91 Å². The van der Waals surface area contributed by atoms with Crippen LogP contribution in [-0.2, 0) is 0 Å². The lowest BCUT2D eigenvalue weighted by atomic mass is 10.1. The van der Waals surface area contributed by atoms with Crippen LogP contribution in [0.25, 0.3) is 0 Å². The standard InChI is InChI=1S/C16H18N2O2/c1-12(2)17-9-10-18(14-7-4-3-6-13(14)17)16(19)15-8-5-11-20-15/h3-8,11-12H,9-10H2,1-2H3. The second kappa shape index (κ2) is 5.04. The highest BCUT2D eigenvalue weighted by Crippen LogP contribution is 2.34. The van der Waals surface area contributed by atoms with Gasteiger partial charge in [-0.25, -0.2) is 0 Å². The van der Waals surface area contributed by atoms with Crippen molar-refractivity contribution in [3.63, 3.8) is 0 Å². The predicted molar refractivity (Wildman–Crippen MR) is 79.3 cm³/mol. The molecule has 1 aliphatic heterocycles. The van der Waals surface area contributed by atoms with Crippen LogP contribution in [0.2, 0.25) is 0 Å². The van der Waals surface area contributed by atoms with Crippen molar-refractivity contribution >= 4 is 17.3 Å². The number of rotatable bonds is 2. The van der Waals surface area contributed by atoms with E-state index in [9.17, 15) is 4.79 Å². The first-order valence-corrected chi connectivity index (χ1v) is 6.89. The number of nitrogens with zero attached hydrogens (tertiary/aromatic N) is 2. The monoisotopic (exact) mass is 270 g/mol. The smallest absolute Gasteiger partial charge is 0.294 e. The van der Waals surface area contributed by atoms with Crippen molar-refractivity contribution in [1.82, 2.24) is 0 Å². The first-order valence-electron chi connectivity index (χ1n) is 6.89. The molecule has 0 spiro atoms. The molecule has 2 aromatic rings. The number of amides is 1. The van der Waals surface area contributed by atoms with Gasteiger partial charge in [-0.2, -0.15) is 0 Å². The van der Waals surface area contributed by atoms with Crippen LogP contribution in [-0.4, -0.2) is 25.0 Å². The number of hydrogen-bond acceptors (Lipinski definition) is 3. The van der Waals surface area contributed by atoms with Crippen LogP contribution in [0.15, 0.2) is 47.1 Å². The molecule has 2 heterocycles. The molecule has 0 fully saturated rings. The summed E-state index contributed by atoms with van der Waals surface area (Å²) in [5.74, 6) is 0.309. The lowest BCUT2D eigenvalue weighted by Gasteiger charge is -2.39. The van der Waals surface area contributed by atoms with Gasteiger partial charge in [0.05, 0.1) is 17.6 Å². The summed E-state index contributed by atoms with van der Waals surface area (Å²) >= 11 is 0. The Hall–Kier alpha value is -2.23. The number of hydrogen-bond donors (Lipinski definition) is 0. The Morgan fingerprint density at radius 2 is 1.85 bits per heavy atom. The highest BCUT2D eigenvalue weighted by molar-refractivity contribution is 6.06. The largest absolute Gasteiger partial charge is 0.459 e. The third-order valence-electron chi connectivity index (χ3n) is 3.65. The molecule has 0 radical (unpaired) electrons. The van der Waals surface area contributed by atoms with E-state index in [1.165, 1.54) is 6.26 Å². The molecular formula is C16H18N2O2. The zero-order valence-electron chi connectivity index (χ0n) is 11.7. The summed E-state index contributed by atoms with van der Waals surface area (Å²) in [6.45, 7) is 5.84. The van der Waals surface area contributed by atoms with Crippen molar-refractivity contribution in [3.8, 4) is 0 Å². The van der Waals surface area contributed by atoms with Crippen molar-refractivity contribution < 1.29 is 9.21 Å². The fraction of sp³-hybridized carbons (Fsp3) is 0.312. The number of furan rings is 1. The Labute approximate surface area is 118 Å². The molecule has 0 bridgehead atoms.